The smallest absolute Gasteiger partial charge is 0.164 e. The minimum Gasteiger partial charge on any atom is -0.399 e. The highest BCUT2D eigenvalue weighted by atomic mass is 15.0. The Labute approximate surface area is 297 Å². The zero-order chi connectivity index (χ0) is 35.0. The molecule has 0 aliphatic heterocycles. The van der Waals surface area contributed by atoms with Gasteiger partial charge >= 0.3 is 0 Å². The number of aromatic nitrogens is 3. The Hall–Kier alpha value is -7.59. The second kappa shape index (κ2) is 14.7. The average Bonchev–Trinajstić information content (AvgIpc) is 3.18. The van der Waals surface area contributed by atoms with Gasteiger partial charge in [0, 0.05) is 67.1 Å². The summed E-state index contributed by atoms with van der Waals surface area (Å²) in [5.41, 5.74) is 27.4. The Morgan fingerprint density at radius 3 is 0.627 bits per heavy atom. The summed E-state index contributed by atoms with van der Waals surface area (Å²) in [6.45, 7) is 0. The van der Waals surface area contributed by atoms with Crippen LogP contribution in [0.2, 0.25) is 0 Å². The Morgan fingerprint density at radius 1 is 0.255 bits per heavy atom. The molecule has 6 aromatic carbocycles. The zero-order valence-corrected chi connectivity index (χ0v) is 27.4. The van der Waals surface area contributed by atoms with Crippen LogP contribution in [0.5, 0.6) is 0 Å². The van der Waals surface area contributed by atoms with Gasteiger partial charge in [0.15, 0.2) is 17.5 Å². The Balaban J connectivity index is 1.20. The van der Waals surface area contributed by atoms with Crippen molar-refractivity contribution in [2.75, 3.05) is 17.2 Å². The molecule has 6 heteroatoms. The van der Waals surface area contributed by atoms with Crippen LogP contribution in [-0.2, 0) is 0 Å². The normalized spacial score (nSPS) is 10.1. The fraction of sp³-hybridized carbons (Fsp3) is 0. The number of nitrogens with zero attached hydrogens (tertiary/aromatic N) is 3. The van der Waals surface area contributed by atoms with Gasteiger partial charge in [-0.15, -0.1) is 0 Å². The molecule has 240 valence electrons. The molecule has 7 aromatic rings. The van der Waals surface area contributed by atoms with Crippen molar-refractivity contribution in [3.8, 4) is 69.7 Å². The van der Waals surface area contributed by atoms with Gasteiger partial charge in [-0.25, -0.2) is 15.0 Å². The fourth-order valence-corrected chi connectivity index (χ4v) is 5.00. The summed E-state index contributed by atoms with van der Waals surface area (Å²) in [4.78, 5) is 14.7. The lowest BCUT2D eigenvalue weighted by Gasteiger charge is -2.09. The van der Waals surface area contributed by atoms with Crippen LogP contribution in [0.3, 0.4) is 0 Å². The molecule has 0 saturated heterocycles. The molecule has 0 aliphatic rings. The molecule has 6 N–H and O–H groups in total. The molecule has 0 radical (unpaired) electrons. The molecule has 0 bridgehead atoms. The van der Waals surface area contributed by atoms with Gasteiger partial charge in [-0.05, 0) is 146 Å². The van der Waals surface area contributed by atoms with E-state index in [0.717, 1.165) is 50.1 Å². The predicted molar refractivity (Wildman–Crippen MR) is 207 cm³/mol. The highest BCUT2D eigenvalue weighted by Gasteiger charge is 2.12. The first kappa shape index (κ1) is 32.0. The van der Waals surface area contributed by atoms with Gasteiger partial charge in [0.05, 0.1) is 0 Å². The maximum Gasteiger partial charge on any atom is 0.164 e. The topological polar surface area (TPSA) is 117 Å². The minimum atomic E-state index is 0.549. The first-order valence-corrected chi connectivity index (χ1v) is 16.1. The molecule has 0 atom stereocenters. The van der Waals surface area contributed by atoms with Crippen LogP contribution < -0.4 is 17.2 Å². The lowest BCUT2D eigenvalue weighted by molar-refractivity contribution is 1.07. The monoisotopic (exact) mass is 654 g/mol. The highest BCUT2D eigenvalue weighted by molar-refractivity contribution is 5.68. The second-order valence-corrected chi connectivity index (χ2v) is 11.7. The predicted octanol–water partition coefficient (Wildman–Crippen LogP) is 7.82. The van der Waals surface area contributed by atoms with Crippen LogP contribution in [0.1, 0.15) is 33.4 Å². The molecule has 0 unspecified atom stereocenters. The van der Waals surface area contributed by atoms with Crippen molar-refractivity contribution in [2.45, 2.75) is 0 Å². The number of hydrogen-bond donors (Lipinski definition) is 3. The molecule has 7 rings (SSSR count). The summed E-state index contributed by atoms with van der Waals surface area (Å²) >= 11 is 0. The van der Waals surface area contributed by atoms with Crippen LogP contribution in [0.25, 0.3) is 34.2 Å². The molecule has 0 saturated carbocycles. The van der Waals surface area contributed by atoms with E-state index >= 15 is 0 Å². The van der Waals surface area contributed by atoms with Crippen molar-refractivity contribution in [3.63, 3.8) is 0 Å². The van der Waals surface area contributed by atoms with Crippen molar-refractivity contribution in [1.82, 2.24) is 15.0 Å². The number of nitrogens with two attached hydrogens (primary N) is 3. The van der Waals surface area contributed by atoms with E-state index in [2.05, 4.69) is 35.5 Å². The third kappa shape index (κ3) is 8.29. The van der Waals surface area contributed by atoms with Crippen LogP contribution in [0.4, 0.5) is 17.1 Å². The summed E-state index contributed by atoms with van der Waals surface area (Å²) in [5, 5.41) is 0. The minimum absolute atomic E-state index is 0.549. The van der Waals surface area contributed by atoms with Crippen molar-refractivity contribution < 1.29 is 0 Å². The van der Waals surface area contributed by atoms with E-state index in [1.54, 1.807) is 0 Å². The summed E-state index contributed by atoms with van der Waals surface area (Å²) < 4.78 is 0. The first-order valence-electron chi connectivity index (χ1n) is 16.1. The first-order chi connectivity index (χ1) is 24.9. The lowest BCUT2D eigenvalue weighted by Crippen LogP contribution is -2.00. The van der Waals surface area contributed by atoms with Gasteiger partial charge in [0.25, 0.3) is 0 Å². The fourth-order valence-electron chi connectivity index (χ4n) is 5.00. The molecular formula is C45H30N6. The van der Waals surface area contributed by atoms with E-state index < -0.39 is 0 Å². The van der Waals surface area contributed by atoms with Crippen LogP contribution in [-0.4, -0.2) is 15.0 Å². The molecule has 0 fully saturated rings. The third-order valence-corrected chi connectivity index (χ3v) is 7.85. The van der Waals surface area contributed by atoms with E-state index in [9.17, 15) is 0 Å². The van der Waals surface area contributed by atoms with Crippen LogP contribution in [0, 0.1) is 35.5 Å². The molecule has 0 aliphatic carbocycles. The van der Waals surface area contributed by atoms with Gasteiger partial charge in [-0.1, -0.05) is 35.5 Å². The van der Waals surface area contributed by atoms with Crippen molar-refractivity contribution in [2.24, 2.45) is 0 Å². The van der Waals surface area contributed by atoms with E-state index in [-0.39, 0.29) is 0 Å². The summed E-state index contributed by atoms with van der Waals surface area (Å²) in [5.74, 6) is 20.8. The number of rotatable bonds is 3. The van der Waals surface area contributed by atoms with Crippen LogP contribution >= 0.6 is 0 Å². The van der Waals surface area contributed by atoms with Crippen molar-refractivity contribution in [3.05, 3.63) is 179 Å². The van der Waals surface area contributed by atoms with Gasteiger partial charge in [-0.2, -0.15) is 0 Å². The van der Waals surface area contributed by atoms with Crippen molar-refractivity contribution in [1.29, 1.82) is 0 Å². The van der Waals surface area contributed by atoms with Gasteiger partial charge in [0.2, 0.25) is 0 Å². The average molecular weight is 655 g/mol. The van der Waals surface area contributed by atoms with E-state index in [0.29, 0.717) is 34.5 Å². The number of benzene rings is 6. The molecular weight excluding hydrogens is 625 g/mol. The zero-order valence-electron chi connectivity index (χ0n) is 27.4. The number of anilines is 3. The summed E-state index contributed by atoms with van der Waals surface area (Å²) in [7, 11) is 0. The van der Waals surface area contributed by atoms with E-state index in [1.807, 2.05) is 146 Å². The standard InChI is InChI=1S/C45H30N6/c46-40-25-13-34(14-26-40)4-1-31-7-19-37(20-8-31)43-49-44(38-21-9-32(10-22-38)2-5-35-15-27-41(47)28-16-35)51-45(50-43)39-23-11-33(12-24-39)3-6-36-17-29-42(48)30-18-36/h7-30H,46-48H2. The SMILES string of the molecule is Nc1ccc(C#Cc2ccc(-c3nc(-c4ccc(C#Cc5ccc(N)cc5)cc4)nc(-c4ccc(C#Cc5ccc(N)cc5)cc4)n3)cc2)cc1. The van der Waals surface area contributed by atoms with Crippen LogP contribution in [0.15, 0.2) is 146 Å². The molecule has 6 nitrogen and oxygen atoms in total. The van der Waals surface area contributed by atoms with Gasteiger partial charge < -0.3 is 17.2 Å². The van der Waals surface area contributed by atoms with E-state index in [1.165, 1.54) is 0 Å². The van der Waals surface area contributed by atoms with E-state index in [4.69, 9.17) is 32.2 Å². The Bertz CT molecular complexity index is 2200. The lowest BCUT2D eigenvalue weighted by atomic mass is 10.1. The number of hydrogen-bond acceptors (Lipinski definition) is 6. The quantitative estimate of drug-likeness (QED) is 0.132. The summed E-state index contributed by atoms with van der Waals surface area (Å²) in [6, 6.07) is 46.1. The largest absolute Gasteiger partial charge is 0.399 e. The Kier molecular flexibility index (Phi) is 9.20. The summed E-state index contributed by atoms with van der Waals surface area (Å²) in [6.07, 6.45) is 0. The Morgan fingerprint density at radius 2 is 0.431 bits per heavy atom. The second-order valence-electron chi connectivity index (χ2n) is 11.7. The molecule has 1 heterocycles. The maximum absolute atomic E-state index is 5.81. The molecule has 51 heavy (non-hydrogen) atoms. The van der Waals surface area contributed by atoms with Gasteiger partial charge in [0.1, 0.15) is 0 Å². The van der Waals surface area contributed by atoms with Gasteiger partial charge in [-0.3, -0.25) is 0 Å². The molecule has 1 aromatic heterocycles. The maximum atomic E-state index is 5.81. The molecule has 0 spiro atoms. The highest BCUT2D eigenvalue weighted by Crippen LogP contribution is 2.25. The third-order valence-electron chi connectivity index (χ3n) is 7.85. The molecule has 0 amide bonds. The number of nitrogen functional groups attached to an aromatic ring is 3. The van der Waals surface area contributed by atoms with Crippen molar-refractivity contribution >= 4 is 17.1 Å².